The van der Waals surface area contributed by atoms with E-state index in [0.717, 1.165) is 19.8 Å². The van der Waals surface area contributed by atoms with Gasteiger partial charge < -0.3 is 10.1 Å². The lowest BCUT2D eigenvalue weighted by Gasteiger charge is -2.43. The van der Waals surface area contributed by atoms with Gasteiger partial charge in [0.05, 0.1) is 6.61 Å². The zero-order valence-corrected chi connectivity index (χ0v) is 10.1. The third-order valence-electron chi connectivity index (χ3n) is 3.85. The molecule has 2 atom stereocenters. The van der Waals surface area contributed by atoms with Gasteiger partial charge in [-0.25, -0.2) is 0 Å². The first-order chi connectivity index (χ1) is 7.24. The molecule has 0 aromatic carbocycles. The molecule has 2 rings (SSSR count). The van der Waals surface area contributed by atoms with Crippen LogP contribution >= 0.6 is 0 Å². The Morgan fingerprint density at radius 2 is 2.40 bits per heavy atom. The van der Waals surface area contributed by atoms with Gasteiger partial charge in [-0.15, -0.1) is 0 Å². The first kappa shape index (κ1) is 11.4. The van der Waals surface area contributed by atoms with E-state index in [2.05, 4.69) is 24.1 Å². The summed E-state index contributed by atoms with van der Waals surface area (Å²) < 4.78 is 5.55. The second kappa shape index (κ2) is 4.81. The van der Waals surface area contributed by atoms with Gasteiger partial charge in [0.25, 0.3) is 0 Å². The summed E-state index contributed by atoms with van der Waals surface area (Å²) in [5, 5.41) is 3.61. The number of nitrogens with zero attached hydrogens (tertiary/aromatic N) is 1. The number of nitrogens with one attached hydrogen (secondary N) is 1. The number of hydrogen-bond acceptors (Lipinski definition) is 3. The molecular formula is C12H24N2O. The summed E-state index contributed by atoms with van der Waals surface area (Å²) in [6.07, 6.45) is 3.78. The van der Waals surface area contributed by atoms with E-state index in [-0.39, 0.29) is 0 Å². The minimum Gasteiger partial charge on any atom is -0.379 e. The lowest BCUT2D eigenvalue weighted by atomic mass is 9.96. The Morgan fingerprint density at radius 1 is 1.53 bits per heavy atom. The molecule has 2 aliphatic rings. The first-order valence-corrected chi connectivity index (χ1v) is 6.31. The summed E-state index contributed by atoms with van der Waals surface area (Å²) in [6, 6.07) is 0.696. The molecule has 1 N–H and O–H groups in total. The van der Waals surface area contributed by atoms with Crippen molar-refractivity contribution >= 4 is 0 Å². The molecule has 2 saturated heterocycles. The number of rotatable bonds is 3. The van der Waals surface area contributed by atoms with Crippen molar-refractivity contribution in [3.8, 4) is 0 Å². The largest absolute Gasteiger partial charge is 0.379 e. The van der Waals surface area contributed by atoms with Gasteiger partial charge in [0.2, 0.25) is 0 Å². The Bertz CT molecular complexity index is 200. The van der Waals surface area contributed by atoms with E-state index >= 15 is 0 Å². The quantitative estimate of drug-likeness (QED) is 0.762. The Morgan fingerprint density at radius 3 is 3.07 bits per heavy atom. The van der Waals surface area contributed by atoms with Crippen LogP contribution in [0.1, 0.15) is 33.1 Å². The van der Waals surface area contributed by atoms with Crippen LogP contribution < -0.4 is 5.32 Å². The molecule has 0 aromatic heterocycles. The molecule has 3 nitrogen and oxygen atoms in total. The maximum atomic E-state index is 5.55. The summed E-state index contributed by atoms with van der Waals surface area (Å²) in [4.78, 5) is 2.64. The number of ether oxygens (including phenoxy) is 1. The highest BCUT2D eigenvalue weighted by molar-refractivity contribution is 4.93. The van der Waals surface area contributed by atoms with Crippen molar-refractivity contribution < 1.29 is 4.74 Å². The first-order valence-electron chi connectivity index (χ1n) is 6.31. The Hall–Kier alpha value is -0.120. The molecule has 2 aliphatic heterocycles. The Labute approximate surface area is 93.2 Å². The van der Waals surface area contributed by atoms with Crippen LogP contribution in [-0.2, 0) is 4.74 Å². The predicted octanol–water partition coefficient (Wildman–Crippen LogP) is 1.24. The SMILES string of the molecule is CCCC1CN(C2(C)CCOC2)CCN1. The van der Waals surface area contributed by atoms with Crippen molar-refractivity contribution in [2.75, 3.05) is 32.8 Å². The maximum absolute atomic E-state index is 5.55. The summed E-state index contributed by atoms with van der Waals surface area (Å²) >= 11 is 0. The van der Waals surface area contributed by atoms with Gasteiger partial charge in [-0.2, -0.15) is 0 Å². The summed E-state index contributed by atoms with van der Waals surface area (Å²) in [5.41, 5.74) is 0.314. The van der Waals surface area contributed by atoms with E-state index in [1.165, 1.54) is 32.4 Å². The second-order valence-electron chi connectivity index (χ2n) is 5.19. The van der Waals surface area contributed by atoms with Crippen molar-refractivity contribution in [3.05, 3.63) is 0 Å². The van der Waals surface area contributed by atoms with Gasteiger partial charge in [-0.3, -0.25) is 4.90 Å². The molecule has 0 bridgehead atoms. The molecular weight excluding hydrogens is 188 g/mol. The van der Waals surface area contributed by atoms with E-state index in [4.69, 9.17) is 4.74 Å². The fourth-order valence-electron chi connectivity index (χ4n) is 2.76. The van der Waals surface area contributed by atoms with Crippen LogP contribution in [0.2, 0.25) is 0 Å². The molecule has 0 aliphatic carbocycles. The zero-order chi connectivity index (χ0) is 10.7. The standard InChI is InChI=1S/C12H24N2O/c1-3-4-11-9-14(7-6-13-11)12(2)5-8-15-10-12/h11,13H,3-10H2,1-2H3. The van der Waals surface area contributed by atoms with Crippen molar-refractivity contribution in [1.82, 2.24) is 10.2 Å². The van der Waals surface area contributed by atoms with Gasteiger partial charge >= 0.3 is 0 Å². The zero-order valence-electron chi connectivity index (χ0n) is 10.1. The van der Waals surface area contributed by atoms with Crippen LogP contribution in [0.15, 0.2) is 0 Å². The van der Waals surface area contributed by atoms with E-state index in [1.807, 2.05) is 0 Å². The molecule has 3 heteroatoms. The second-order valence-corrected chi connectivity index (χ2v) is 5.19. The third kappa shape index (κ3) is 2.52. The van der Waals surface area contributed by atoms with Crippen LogP contribution in [0.4, 0.5) is 0 Å². The normalized spacial score (nSPS) is 38.4. The Kier molecular flexibility index (Phi) is 3.65. The Balaban J connectivity index is 1.91. The van der Waals surface area contributed by atoms with Crippen LogP contribution in [0.5, 0.6) is 0 Å². The smallest absolute Gasteiger partial charge is 0.0648 e. The minimum absolute atomic E-state index is 0.314. The highest BCUT2D eigenvalue weighted by Crippen LogP contribution is 2.26. The van der Waals surface area contributed by atoms with Crippen LogP contribution in [0, 0.1) is 0 Å². The molecule has 2 heterocycles. The monoisotopic (exact) mass is 212 g/mol. The van der Waals surface area contributed by atoms with E-state index in [1.54, 1.807) is 0 Å². The lowest BCUT2D eigenvalue weighted by molar-refractivity contribution is 0.0529. The van der Waals surface area contributed by atoms with Crippen molar-refractivity contribution in [2.45, 2.75) is 44.7 Å². The number of hydrogen-bond donors (Lipinski definition) is 1. The van der Waals surface area contributed by atoms with Crippen LogP contribution in [0.3, 0.4) is 0 Å². The molecule has 2 unspecified atom stereocenters. The fourth-order valence-corrected chi connectivity index (χ4v) is 2.76. The predicted molar refractivity (Wildman–Crippen MR) is 62.1 cm³/mol. The molecule has 88 valence electrons. The van der Waals surface area contributed by atoms with Crippen molar-refractivity contribution in [2.24, 2.45) is 0 Å². The molecule has 0 saturated carbocycles. The highest BCUT2D eigenvalue weighted by atomic mass is 16.5. The topological polar surface area (TPSA) is 24.5 Å². The molecule has 15 heavy (non-hydrogen) atoms. The molecule has 0 spiro atoms. The van der Waals surface area contributed by atoms with Crippen molar-refractivity contribution in [3.63, 3.8) is 0 Å². The summed E-state index contributed by atoms with van der Waals surface area (Å²) in [7, 11) is 0. The van der Waals surface area contributed by atoms with Crippen molar-refractivity contribution in [1.29, 1.82) is 0 Å². The highest BCUT2D eigenvalue weighted by Gasteiger charge is 2.37. The van der Waals surface area contributed by atoms with Gasteiger partial charge in [-0.1, -0.05) is 13.3 Å². The minimum atomic E-state index is 0.314. The maximum Gasteiger partial charge on any atom is 0.0648 e. The van der Waals surface area contributed by atoms with E-state index in [9.17, 15) is 0 Å². The average molecular weight is 212 g/mol. The van der Waals surface area contributed by atoms with E-state index in [0.29, 0.717) is 11.6 Å². The molecule has 2 fully saturated rings. The molecule has 0 amide bonds. The molecule has 0 radical (unpaired) electrons. The number of piperazine rings is 1. The van der Waals surface area contributed by atoms with Gasteiger partial charge in [0.1, 0.15) is 0 Å². The van der Waals surface area contributed by atoms with Gasteiger partial charge in [0.15, 0.2) is 0 Å². The lowest BCUT2D eigenvalue weighted by Crippen LogP contribution is -2.58. The fraction of sp³-hybridized carbons (Fsp3) is 1.00. The molecule has 0 aromatic rings. The van der Waals surface area contributed by atoms with Crippen LogP contribution in [-0.4, -0.2) is 49.3 Å². The third-order valence-corrected chi connectivity index (χ3v) is 3.85. The summed E-state index contributed by atoms with van der Waals surface area (Å²) in [6.45, 7) is 10.0. The van der Waals surface area contributed by atoms with Gasteiger partial charge in [-0.05, 0) is 19.8 Å². The van der Waals surface area contributed by atoms with E-state index < -0.39 is 0 Å². The van der Waals surface area contributed by atoms with Gasteiger partial charge in [0, 0.05) is 37.8 Å². The average Bonchev–Trinajstić information content (AvgIpc) is 2.68. The van der Waals surface area contributed by atoms with Crippen LogP contribution in [0.25, 0.3) is 0 Å². The summed E-state index contributed by atoms with van der Waals surface area (Å²) in [5.74, 6) is 0.